The topological polar surface area (TPSA) is 65.1 Å². The Labute approximate surface area is 114 Å². The van der Waals surface area contributed by atoms with Crippen molar-refractivity contribution in [2.75, 3.05) is 6.54 Å². The van der Waals surface area contributed by atoms with Crippen LogP contribution in [-0.2, 0) is 4.79 Å². The fourth-order valence-corrected chi connectivity index (χ4v) is 2.34. The predicted molar refractivity (Wildman–Crippen MR) is 74.7 cm³/mol. The van der Waals surface area contributed by atoms with Crippen molar-refractivity contribution in [1.29, 1.82) is 0 Å². The van der Waals surface area contributed by atoms with Gasteiger partial charge in [0.2, 0.25) is 0 Å². The van der Waals surface area contributed by atoms with Crippen molar-refractivity contribution in [1.82, 2.24) is 10.3 Å². The molecule has 3 N–H and O–H groups in total. The Kier molecular flexibility index (Phi) is 4.04. The number of carboxylic acids is 1. The van der Waals surface area contributed by atoms with Gasteiger partial charge >= 0.3 is 5.97 Å². The first kappa shape index (κ1) is 13.1. The second-order valence-electron chi connectivity index (χ2n) is 4.16. The number of H-pyrrole nitrogens is 1. The summed E-state index contributed by atoms with van der Waals surface area (Å²) in [5, 5.41) is 13.3. The Morgan fingerprint density at radius 3 is 3.00 bits per heavy atom. The van der Waals surface area contributed by atoms with E-state index in [-0.39, 0.29) is 0 Å². The summed E-state index contributed by atoms with van der Waals surface area (Å²) < 4.78 is 0.969. The zero-order valence-corrected chi connectivity index (χ0v) is 11.6. The molecule has 2 aromatic rings. The summed E-state index contributed by atoms with van der Waals surface area (Å²) in [6.45, 7) is 2.69. The molecule has 96 valence electrons. The number of benzene rings is 1. The maximum Gasteiger partial charge on any atom is 0.325 e. The molecular weight excluding hydrogens is 296 g/mol. The van der Waals surface area contributed by atoms with Crippen LogP contribution in [0.3, 0.4) is 0 Å². The van der Waals surface area contributed by atoms with E-state index in [1.807, 2.05) is 25.1 Å². The largest absolute Gasteiger partial charge is 0.480 e. The maximum atomic E-state index is 11.3. The molecule has 4 nitrogen and oxygen atoms in total. The highest BCUT2D eigenvalue weighted by Crippen LogP contribution is 2.26. The molecular formula is C13H15BrN2O2. The van der Waals surface area contributed by atoms with Gasteiger partial charge in [-0.1, -0.05) is 28.9 Å². The smallest absolute Gasteiger partial charge is 0.325 e. The van der Waals surface area contributed by atoms with Crippen molar-refractivity contribution in [3.63, 3.8) is 0 Å². The first-order valence-corrected chi connectivity index (χ1v) is 6.65. The van der Waals surface area contributed by atoms with E-state index < -0.39 is 12.0 Å². The molecule has 0 radical (unpaired) electrons. The van der Waals surface area contributed by atoms with Crippen LogP contribution in [-0.4, -0.2) is 22.6 Å². The second-order valence-corrected chi connectivity index (χ2v) is 5.07. The minimum Gasteiger partial charge on any atom is -0.480 e. The monoisotopic (exact) mass is 310 g/mol. The number of aromatic amines is 1. The van der Waals surface area contributed by atoms with Gasteiger partial charge in [0.1, 0.15) is 6.04 Å². The summed E-state index contributed by atoms with van der Waals surface area (Å²) in [5.74, 6) is -0.854. The molecule has 0 aliphatic carbocycles. The predicted octanol–water partition coefficient (Wildman–Crippen LogP) is 3.06. The Balaban J connectivity index is 2.41. The molecule has 0 amide bonds. The molecule has 1 aromatic carbocycles. The summed E-state index contributed by atoms with van der Waals surface area (Å²) >= 11 is 3.40. The zero-order chi connectivity index (χ0) is 13.1. The Hall–Kier alpha value is -1.33. The van der Waals surface area contributed by atoms with Crippen molar-refractivity contribution in [2.24, 2.45) is 0 Å². The van der Waals surface area contributed by atoms with Gasteiger partial charge in [0.15, 0.2) is 0 Å². The number of carbonyl (C=O) groups is 1. The highest BCUT2D eigenvalue weighted by molar-refractivity contribution is 9.10. The fourth-order valence-electron chi connectivity index (χ4n) is 1.98. The lowest BCUT2D eigenvalue weighted by molar-refractivity contribution is -0.139. The molecule has 0 saturated carbocycles. The molecule has 1 aromatic heterocycles. The van der Waals surface area contributed by atoms with Gasteiger partial charge in [-0.05, 0) is 25.1 Å². The van der Waals surface area contributed by atoms with Crippen molar-refractivity contribution < 1.29 is 9.90 Å². The van der Waals surface area contributed by atoms with Gasteiger partial charge in [-0.25, -0.2) is 0 Å². The van der Waals surface area contributed by atoms with E-state index in [0.717, 1.165) is 27.4 Å². The third-order valence-corrected chi connectivity index (χ3v) is 3.33. The number of aromatic nitrogens is 1. The average Bonchev–Trinajstić information content (AvgIpc) is 2.72. The van der Waals surface area contributed by atoms with Crippen LogP contribution in [0.1, 0.15) is 24.9 Å². The van der Waals surface area contributed by atoms with Crippen molar-refractivity contribution in [2.45, 2.75) is 19.4 Å². The third kappa shape index (κ3) is 2.57. The third-order valence-electron chi connectivity index (χ3n) is 2.83. The number of nitrogens with one attached hydrogen (secondary N) is 2. The van der Waals surface area contributed by atoms with Crippen LogP contribution in [0.25, 0.3) is 10.9 Å². The molecule has 0 fully saturated rings. The quantitative estimate of drug-likeness (QED) is 0.795. The number of carboxylic acid groups (broad SMARTS) is 1. The number of halogens is 1. The Morgan fingerprint density at radius 1 is 1.56 bits per heavy atom. The van der Waals surface area contributed by atoms with Crippen LogP contribution < -0.4 is 5.32 Å². The molecule has 0 aliphatic rings. The van der Waals surface area contributed by atoms with Crippen LogP contribution in [0.15, 0.2) is 28.9 Å². The van der Waals surface area contributed by atoms with Crippen LogP contribution in [0, 0.1) is 0 Å². The van der Waals surface area contributed by atoms with Gasteiger partial charge in [0.25, 0.3) is 0 Å². The lowest BCUT2D eigenvalue weighted by Gasteiger charge is -2.13. The van der Waals surface area contributed by atoms with Gasteiger partial charge in [0, 0.05) is 27.1 Å². The molecule has 18 heavy (non-hydrogen) atoms. The van der Waals surface area contributed by atoms with Gasteiger partial charge in [-0.15, -0.1) is 0 Å². The first-order chi connectivity index (χ1) is 8.63. The van der Waals surface area contributed by atoms with Gasteiger partial charge in [-0.3, -0.25) is 4.79 Å². The highest BCUT2D eigenvalue weighted by atomic mass is 79.9. The molecule has 0 unspecified atom stereocenters. The van der Waals surface area contributed by atoms with E-state index in [2.05, 4.69) is 26.2 Å². The number of fused-ring (bicyclic) bond motifs is 1. The fraction of sp³-hybridized carbons (Fsp3) is 0.308. The van der Waals surface area contributed by atoms with Gasteiger partial charge < -0.3 is 15.4 Å². The molecule has 2 rings (SSSR count). The van der Waals surface area contributed by atoms with Crippen LogP contribution in [0.4, 0.5) is 0 Å². The van der Waals surface area contributed by atoms with E-state index in [1.165, 1.54) is 0 Å². The molecule has 0 saturated heterocycles. The van der Waals surface area contributed by atoms with E-state index in [9.17, 15) is 9.90 Å². The molecule has 5 heteroatoms. The first-order valence-electron chi connectivity index (χ1n) is 5.86. The van der Waals surface area contributed by atoms with Crippen LogP contribution in [0.5, 0.6) is 0 Å². The summed E-state index contributed by atoms with van der Waals surface area (Å²) in [6.07, 6.45) is 2.66. The van der Waals surface area contributed by atoms with Crippen LogP contribution >= 0.6 is 15.9 Å². The SMILES string of the molecule is CCCN[C@H](C(=O)O)c1c[nH]c2cc(Br)ccc12. The summed E-state index contributed by atoms with van der Waals surface area (Å²) in [7, 11) is 0. The Bertz CT molecular complexity index is 565. The number of rotatable bonds is 5. The average molecular weight is 311 g/mol. The summed E-state index contributed by atoms with van der Waals surface area (Å²) in [4.78, 5) is 14.4. The number of hydrogen-bond acceptors (Lipinski definition) is 2. The lowest BCUT2D eigenvalue weighted by Crippen LogP contribution is -2.28. The van der Waals surface area contributed by atoms with E-state index in [4.69, 9.17) is 0 Å². The standard InChI is InChI=1S/C13H15BrN2O2/c1-2-5-15-12(13(17)18)10-7-16-11-6-8(14)3-4-9(10)11/h3-4,6-7,12,15-16H,2,5H2,1H3,(H,17,18)/t12-/m0/s1. The van der Waals surface area contributed by atoms with E-state index >= 15 is 0 Å². The lowest BCUT2D eigenvalue weighted by atomic mass is 10.1. The molecule has 0 aliphatic heterocycles. The van der Waals surface area contributed by atoms with E-state index in [1.54, 1.807) is 6.20 Å². The molecule has 1 atom stereocenters. The number of hydrogen-bond donors (Lipinski definition) is 3. The highest BCUT2D eigenvalue weighted by Gasteiger charge is 2.21. The van der Waals surface area contributed by atoms with Gasteiger partial charge in [0.05, 0.1) is 0 Å². The molecule has 1 heterocycles. The maximum absolute atomic E-state index is 11.3. The summed E-state index contributed by atoms with van der Waals surface area (Å²) in [5.41, 5.74) is 1.71. The van der Waals surface area contributed by atoms with Crippen molar-refractivity contribution in [3.05, 3.63) is 34.4 Å². The molecule has 0 bridgehead atoms. The van der Waals surface area contributed by atoms with Gasteiger partial charge in [-0.2, -0.15) is 0 Å². The van der Waals surface area contributed by atoms with Crippen molar-refractivity contribution >= 4 is 32.8 Å². The molecule has 0 spiro atoms. The normalized spacial score (nSPS) is 12.8. The second kappa shape index (κ2) is 5.54. The van der Waals surface area contributed by atoms with Crippen LogP contribution in [0.2, 0.25) is 0 Å². The summed E-state index contributed by atoms with van der Waals surface area (Å²) in [6, 6.07) is 5.12. The Morgan fingerprint density at radius 2 is 2.33 bits per heavy atom. The van der Waals surface area contributed by atoms with E-state index in [0.29, 0.717) is 6.54 Å². The minimum absolute atomic E-state index is 0.667. The number of aliphatic carboxylic acids is 1. The zero-order valence-electron chi connectivity index (χ0n) is 10.0. The van der Waals surface area contributed by atoms with Crippen molar-refractivity contribution in [3.8, 4) is 0 Å². The minimum atomic E-state index is -0.854.